The van der Waals surface area contributed by atoms with Crippen LogP contribution in [0, 0.1) is 6.92 Å². The maximum absolute atomic E-state index is 12.4. The van der Waals surface area contributed by atoms with E-state index in [0.29, 0.717) is 28.4 Å². The predicted octanol–water partition coefficient (Wildman–Crippen LogP) is 3.76. The third kappa shape index (κ3) is 6.57. The Bertz CT molecular complexity index is 1160. The number of carbonyl (C=O) groups is 2. The molecule has 0 unspecified atom stereocenters. The molecule has 170 valence electrons. The normalized spacial score (nSPS) is 10.5. The number of ether oxygens (including phenoxy) is 4. The molecule has 0 aliphatic heterocycles. The third-order valence-electron chi connectivity index (χ3n) is 4.55. The lowest BCUT2D eigenvalue weighted by Crippen LogP contribution is -2.24. The minimum atomic E-state index is -0.547. The largest absolute Gasteiger partial charge is 0.497 e. The van der Waals surface area contributed by atoms with Crippen molar-refractivity contribution in [3.63, 3.8) is 0 Å². The lowest BCUT2D eigenvalue weighted by atomic mass is 10.2. The van der Waals surface area contributed by atoms with Gasteiger partial charge in [0.15, 0.2) is 18.1 Å². The summed E-state index contributed by atoms with van der Waals surface area (Å²) in [6.07, 6.45) is 1.45. The first-order chi connectivity index (χ1) is 16.0. The number of nitrogens with zero attached hydrogens (tertiary/aromatic N) is 1. The van der Waals surface area contributed by atoms with Crippen LogP contribution in [0.3, 0.4) is 0 Å². The Morgan fingerprint density at radius 1 is 0.909 bits per heavy atom. The minimum absolute atomic E-state index is 0.162. The fourth-order valence-electron chi connectivity index (χ4n) is 2.83. The molecule has 0 saturated carbocycles. The van der Waals surface area contributed by atoms with Crippen LogP contribution >= 0.6 is 0 Å². The number of nitrogens with one attached hydrogen (secondary N) is 1. The van der Waals surface area contributed by atoms with E-state index < -0.39 is 11.9 Å². The summed E-state index contributed by atoms with van der Waals surface area (Å²) in [4.78, 5) is 24.4. The van der Waals surface area contributed by atoms with E-state index in [1.807, 2.05) is 25.1 Å². The second-order valence-corrected chi connectivity index (χ2v) is 6.88. The van der Waals surface area contributed by atoms with Gasteiger partial charge in [-0.1, -0.05) is 24.3 Å². The first kappa shape index (κ1) is 23.3. The number of hydrogen-bond donors (Lipinski definition) is 1. The van der Waals surface area contributed by atoms with Gasteiger partial charge in [-0.15, -0.1) is 0 Å². The van der Waals surface area contributed by atoms with Gasteiger partial charge in [0.1, 0.15) is 11.5 Å². The van der Waals surface area contributed by atoms with Gasteiger partial charge in [-0.05, 0) is 60.5 Å². The summed E-state index contributed by atoms with van der Waals surface area (Å²) in [6.45, 7) is 1.74. The second-order valence-electron chi connectivity index (χ2n) is 6.88. The zero-order valence-corrected chi connectivity index (χ0v) is 18.5. The molecule has 1 amide bonds. The van der Waals surface area contributed by atoms with Gasteiger partial charge >= 0.3 is 5.97 Å². The van der Waals surface area contributed by atoms with Crippen molar-refractivity contribution in [3.8, 4) is 23.0 Å². The van der Waals surface area contributed by atoms with E-state index in [1.54, 1.807) is 48.5 Å². The quantitative estimate of drug-likeness (QED) is 0.232. The van der Waals surface area contributed by atoms with Crippen LogP contribution in [-0.4, -0.2) is 38.9 Å². The molecule has 3 rings (SSSR count). The molecule has 0 spiro atoms. The summed E-state index contributed by atoms with van der Waals surface area (Å²) in [6, 6.07) is 19.0. The molecular formula is C25H24N2O6. The predicted molar refractivity (Wildman–Crippen MR) is 123 cm³/mol. The maximum atomic E-state index is 12.4. The van der Waals surface area contributed by atoms with Gasteiger partial charge in [0.05, 0.1) is 26.0 Å². The van der Waals surface area contributed by atoms with Crippen molar-refractivity contribution in [2.75, 3.05) is 20.8 Å². The number of benzene rings is 3. The van der Waals surface area contributed by atoms with E-state index >= 15 is 0 Å². The van der Waals surface area contributed by atoms with Gasteiger partial charge in [0.2, 0.25) is 0 Å². The molecule has 0 atom stereocenters. The average Bonchev–Trinajstić information content (AvgIpc) is 2.84. The number of amides is 1. The molecule has 1 N–H and O–H groups in total. The highest BCUT2D eigenvalue weighted by Gasteiger charge is 2.13. The molecular weight excluding hydrogens is 424 g/mol. The van der Waals surface area contributed by atoms with Crippen LogP contribution < -0.4 is 24.4 Å². The van der Waals surface area contributed by atoms with Gasteiger partial charge in [-0.2, -0.15) is 5.10 Å². The number of hydrogen-bond acceptors (Lipinski definition) is 7. The molecule has 8 nitrogen and oxygen atoms in total. The highest BCUT2D eigenvalue weighted by atomic mass is 16.6. The van der Waals surface area contributed by atoms with Gasteiger partial charge in [0, 0.05) is 0 Å². The molecule has 0 fully saturated rings. The minimum Gasteiger partial charge on any atom is -0.497 e. The molecule has 33 heavy (non-hydrogen) atoms. The fraction of sp³-hybridized carbons (Fsp3) is 0.160. The molecule has 0 aromatic heterocycles. The Morgan fingerprint density at radius 3 is 2.48 bits per heavy atom. The summed E-state index contributed by atoms with van der Waals surface area (Å²) in [5.41, 5.74) is 4.32. The van der Waals surface area contributed by atoms with Crippen LogP contribution in [0.15, 0.2) is 71.8 Å². The SMILES string of the molecule is COc1cccc(C(=O)Oc2ccc(/C=N\NC(=O)COc3ccccc3C)cc2OC)c1. The highest BCUT2D eigenvalue weighted by molar-refractivity contribution is 5.92. The first-order valence-electron chi connectivity index (χ1n) is 10.0. The number of aryl methyl sites for hydroxylation is 1. The van der Waals surface area contributed by atoms with Crippen molar-refractivity contribution in [1.82, 2.24) is 5.43 Å². The van der Waals surface area contributed by atoms with E-state index in [9.17, 15) is 9.59 Å². The van der Waals surface area contributed by atoms with Crippen LogP contribution in [0.1, 0.15) is 21.5 Å². The number of methoxy groups -OCH3 is 2. The highest BCUT2D eigenvalue weighted by Crippen LogP contribution is 2.28. The maximum Gasteiger partial charge on any atom is 0.343 e. The average molecular weight is 448 g/mol. The van der Waals surface area contributed by atoms with Crippen LogP contribution in [0.25, 0.3) is 0 Å². The number of para-hydroxylation sites is 1. The molecule has 0 aliphatic carbocycles. The van der Waals surface area contributed by atoms with Crippen molar-refractivity contribution in [1.29, 1.82) is 0 Å². The summed E-state index contributed by atoms with van der Waals surface area (Å²) in [7, 11) is 2.98. The lowest BCUT2D eigenvalue weighted by Gasteiger charge is -2.10. The summed E-state index contributed by atoms with van der Waals surface area (Å²) in [5, 5.41) is 3.93. The number of rotatable bonds is 9. The fourth-order valence-corrected chi connectivity index (χ4v) is 2.83. The van der Waals surface area contributed by atoms with Crippen molar-refractivity contribution >= 4 is 18.1 Å². The summed E-state index contributed by atoms with van der Waals surface area (Å²) >= 11 is 0. The second kappa shape index (κ2) is 11.3. The third-order valence-corrected chi connectivity index (χ3v) is 4.55. The van der Waals surface area contributed by atoms with E-state index in [-0.39, 0.29) is 12.4 Å². The van der Waals surface area contributed by atoms with Gasteiger partial charge in [0.25, 0.3) is 5.91 Å². The van der Waals surface area contributed by atoms with Gasteiger partial charge < -0.3 is 18.9 Å². The van der Waals surface area contributed by atoms with Crippen molar-refractivity contribution in [2.24, 2.45) is 5.10 Å². The van der Waals surface area contributed by atoms with Gasteiger partial charge in [-0.3, -0.25) is 4.79 Å². The van der Waals surface area contributed by atoms with Crippen LogP contribution in [0.5, 0.6) is 23.0 Å². The number of hydrazone groups is 1. The lowest BCUT2D eigenvalue weighted by molar-refractivity contribution is -0.123. The standard InChI is InChI=1S/C25H24N2O6/c1-17-7-4-5-10-21(17)32-16-24(28)27-26-15-18-11-12-22(23(13-18)31-3)33-25(29)19-8-6-9-20(14-19)30-2/h4-15H,16H2,1-3H3,(H,27,28)/b26-15-. The summed E-state index contributed by atoms with van der Waals surface area (Å²) < 4.78 is 21.4. The molecule has 8 heteroatoms. The molecule has 0 heterocycles. The van der Waals surface area contributed by atoms with Crippen LogP contribution in [0.4, 0.5) is 0 Å². The summed E-state index contributed by atoms with van der Waals surface area (Å²) in [5.74, 6) is 0.831. The Balaban J connectivity index is 1.58. The van der Waals surface area contributed by atoms with E-state index in [0.717, 1.165) is 5.56 Å². The molecule has 3 aromatic rings. The molecule has 0 saturated heterocycles. The Hall–Kier alpha value is -4.33. The zero-order valence-electron chi connectivity index (χ0n) is 18.5. The monoisotopic (exact) mass is 448 g/mol. The Morgan fingerprint density at radius 2 is 1.73 bits per heavy atom. The molecule has 3 aromatic carbocycles. The van der Waals surface area contributed by atoms with Crippen LogP contribution in [-0.2, 0) is 4.79 Å². The van der Waals surface area contributed by atoms with Crippen molar-refractivity contribution in [2.45, 2.75) is 6.92 Å². The number of esters is 1. The van der Waals surface area contributed by atoms with E-state index in [1.165, 1.54) is 20.4 Å². The van der Waals surface area contributed by atoms with Crippen molar-refractivity contribution in [3.05, 3.63) is 83.4 Å². The zero-order chi connectivity index (χ0) is 23.6. The Kier molecular flexibility index (Phi) is 8.02. The van der Waals surface area contributed by atoms with E-state index in [2.05, 4.69) is 10.5 Å². The number of carbonyl (C=O) groups excluding carboxylic acids is 2. The van der Waals surface area contributed by atoms with Crippen LogP contribution in [0.2, 0.25) is 0 Å². The molecule has 0 aliphatic rings. The molecule has 0 radical (unpaired) electrons. The first-order valence-corrected chi connectivity index (χ1v) is 10.0. The Labute approximate surface area is 191 Å². The van der Waals surface area contributed by atoms with Crippen molar-refractivity contribution < 1.29 is 28.5 Å². The van der Waals surface area contributed by atoms with E-state index in [4.69, 9.17) is 18.9 Å². The topological polar surface area (TPSA) is 95.5 Å². The van der Waals surface area contributed by atoms with Gasteiger partial charge in [-0.25, -0.2) is 10.2 Å². The molecule has 0 bridgehead atoms. The smallest absolute Gasteiger partial charge is 0.343 e.